The molecule has 0 heterocycles. The Morgan fingerprint density at radius 2 is 1.50 bits per heavy atom. The third-order valence-electron chi connectivity index (χ3n) is 3.16. The molecule has 2 unspecified atom stereocenters. The van der Waals surface area contributed by atoms with Gasteiger partial charge in [-0.15, -0.1) is 4.79 Å². The summed E-state index contributed by atoms with van der Waals surface area (Å²) in [6, 6.07) is 0. The van der Waals surface area contributed by atoms with Crippen molar-refractivity contribution in [3.63, 3.8) is 0 Å². The van der Waals surface area contributed by atoms with Crippen LogP contribution in [-0.2, 0) is 23.9 Å². The second kappa shape index (κ2) is 11.8. The van der Waals surface area contributed by atoms with Gasteiger partial charge in [-0.25, -0.2) is 0 Å². The van der Waals surface area contributed by atoms with Crippen molar-refractivity contribution in [1.29, 1.82) is 0 Å². The van der Waals surface area contributed by atoms with Crippen molar-refractivity contribution in [2.24, 2.45) is 11.8 Å². The molecule has 124 valence electrons. The topological polar surface area (TPSA) is 77.5 Å². The fraction of sp³-hybridized carbons (Fsp3) is 0.647. The summed E-state index contributed by atoms with van der Waals surface area (Å²) >= 11 is 0. The molecule has 22 heavy (non-hydrogen) atoms. The molecule has 1 rings (SSSR count). The van der Waals surface area contributed by atoms with Crippen molar-refractivity contribution in [2.75, 3.05) is 7.11 Å². The molecular formula is C17H27O5+. The van der Waals surface area contributed by atoms with Crippen LogP contribution >= 0.6 is 0 Å². The van der Waals surface area contributed by atoms with Crippen LogP contribution in [-0.4, -0.2) is 30.4 Å². The lowest BCUT2D eigenvalue weighted by molar-refractivity contribution is -0.136. The second-order valence-electron chi connectivity index (χ2n) is 5.38. The van der Waals surface area contributed by atoms with Gasteiger partial charge in [0.2, 0.25) is 5.57 Å². The minimum absolute atomic E-state index is 0.104. The van der Waals surface area contributed by atoms with Crippen molar-refractivity contribution >= 4 is 23.3 Å². The first-order valence-electron chi connectivity index (χ1n) is 7.28. The van der Waals surface area contributed by atoms with Crippen molar-refractivity contribution in [3.8, 4) is 0 Å². The maximum Gasteiger partial charge on any atom is 0.486 e. The zero-order valence-electron chi connectivity index (χ0n) is 14.4. The lowest BCUT2D eigenvalue weighted by Gasteiger charge is -2.20. The normalized spacial score (nSPS) is 19.9. The van der Waals surface area contributed by atoms with Crippen LogP contribution in [0.2, 0.25) is 0 Å². The van der Waals surface area contributed by atoms with Gasteiger partial charge in [-0.3, -0.25) is 9.59 Å². The first-order valence-corrected chi connectivity index (χ1v) is 7.28. The Kier molecular flexibility index (Phi) is 12.0. The Hall–Kier alpha value is -1.87. The van der Waals surface area contributed by atoms with Gasteiger partial charge in [0.15, 0.2) is 0 Å². The lowest BCUT2D eigenvalue weighted by Crippen LogP contribution is -2.28. The molecule has 1 aliphatic rings. The highest BCUT2D eigenvalue weighted by molar-refractivity contribution is 6.03. The van der Waals surface area contributed by atoms with E-state index in [1.54, 1.807) is 6.92 Å². The highest BCUT2D eigenvalue weighted by atomic mass is 16.5. The van der Waals surface area contributed by atoms with E-state index < -0.39 is 5.97 Å². The lowest BCUT2D eigenvalue weighted by atomic mass is 9.82. The maximum absolute atomic E-state index is 10.9. The van der Waals surface area contributed by atoms with E-state index in [-0.39, 0.29) is 41.2 Å². The van der Waals surface area contributed by atoms with Gasteiger partial charge < -0.3 is 9.53 Å². The highest BCUT2D eigenvalue weighted by Crippen LogP contribution is 2.22. The molecule has 2 atom stereocenters. The third-order valence-corrected chi connectivity index (χ3v) is 3.16. The average molecular weight is 311 g/mol. The first kappa shape index (κ1) is 22.4. The maximum atomic E-state index is 10.9. The van der Waals surface area contributed by atoms with Crippen LogP contribution in [0, 0.1) is 18.4 Å². The Morgan fingerprint density at radius 3 is 1.64 bits per heavy atom. The molecule has 0 N–H and O–H groups in total. The summed E-state index contributed by atoms with van der Waals surface area (Å²) in [6.07, 6.45) is 1.58. The summed E-state index contributed by atoms with van der Waals surface area (Å²) in [5.74, 6) is 0.233. The van der Waals surface area contributed by atoms with Crippen LogP contribution in [0.25, 0.3) is 0 Å². The zero-order valence-corrected chi connectivity index (χ0v) is 14.4. The molecule has 0 aromatic heterocycles. The van der Waals surface area contributed by atoms with E-state index in [1.165, 1.54) is 14.0 Å². The fourth-order valence-corrected chi connectivity index (χ4v) is 1.47. The number of esters is 1. The predicted octanol–water partition coefficient (Wildman–Crippen LogP) is 2.71. The minimum Gasteiger partial charge on any atom is -0.376 e. The van der Waals surface area contributed by atoms with Crippen molar-refractivity contribution in [1.82, 2.24) is 0 Å². The predicted molar refractivity (Wildman–Crippen MR) is 84.1 cm³/mol. The van der Waals surface area contributed by atoms with Crippen molar-refractivity contribution < 1.29 is 23.9 Å². The summed E-state index contributed by atoms with van der Waals surface area (Å²) in [7, 11) is 1.29. The van der Waals surface area contributed by atoms with E-state index in [9.17, 15) is 19.2 Å². The summed E-state index contributed by atoms with van der Waals surface area (Å²) < 4.78 is 4.21. The van der Waals surface area contributed by atoms with E-state index in [0.717, 1.165) is 6.42 Å². The summed E-state index contributed by atoms with van der Waals surface area (Å²) in [5.41, 5.74) is 0.183. The summed E-state index contributed by atoms with van der Waals surface area (Å²) in [4.78, 5) is 41.8. The third kappa shape index (κ3) is 10.9. The molecule has 0 aromatic carbocycles. The van der Waals surface area contributed by atoms with Crippen LogP contribution in [0.3, 0.4) is 0 Å². The quantitative estimate of drug-likeness (QED) is 0.339. The molecule has 0 aliphatic heterocycles. The minimum atomic E-state index is -0.458. The molecule has 0 spiro atoms. The van der Waals surface area contributed by atoms with Crippen LogP contribution in [0.4, 0.5) is 0 Å². The van der Waals surface area contributed by atoms with Gasteiger partial charge in [-0.05, 0) is 13.3 Å². The smallest absolute Gasteiger partial charge is 0.376 e. The molecule has 0 radical (unpaired) electrons. The van der Waals surface area contributed by atoms with Gasteiger partial charge >= 0.3 is 5.97 Å². The second-order valence-corrected chi connectivity index (χ2v) is 5.38. The number of methoxy groups -OCH3 is 1. The highest BCUT2D eigenvalue weighted by Gasteiger charge is 2.28. The standard InChI is InChI=1S/C8H12O2.C5H7O2.C4H8O/c1-5-3-6(2)8(10)4-7(5)9;1-4(2)5(6)7-3;1-3-4(2)5/h5-6H,3-4H2,1-2H3;1H,2-3H3;3H2,1-2H3/q;+1;. The van der Waals surface area contributed by atoms with E-state index in [4.69, 9.17) is 6.58 Å². The average Bonchev–Trinajstić information content (AvgIpc) is 2.45. The Bertz CT molecular complexity index is 405. The number of hydrogen-bond donors (Lipinski definition) is 0. The molecule has 0 amide bonds. The van der Waals surface area contributed by atoms with E-state index in [2.05, 4.69) is 4.74 Å². The molecule has 1 aliphatic carbocycles. The van der Waals surface area contributed by atoms with E-state index >= 15 is 0 Å². The van der Waals surface area contributed by atoms with Crippen LogP contribution in [0.15, 0.2) is 5.57 Å². The number of hydrogen-bond acceptors (Lipinski definition) is 5. The van der Waals surface area contributed by atoms with Crippen LogP contribution < -0.4 is 0 Å². The number of carbonyl (C=O) groups is 4. The monoisotopic (exact) mass is 311 g/mol. The van der Waals surface area contributed by atoms with Gasteiger partial charge in [0.05, 0.1) is 13.0 Å². The molecule has 0 aromatic rings. The van der Waals surface area contributed by atoms with Crippen LogP contribution in [0.5, 0.6) is 0 Å². The first-order chi connectivity index (χ1) is 10.1. The molecular weight excluding hydrogens is 284 g/mol. The molecule has 0 bridgehead atoms. The molecule has 5 heteroatoms. The SMILES string of the molecule is CC1CC(C)C(=O)CC1=O.CCC(C)=O.[CH+]=C(C)C(=O)OC. The molecule has 0 saturated heterocycles. The molecule has 5 nitrogen and oxygen atoms in total. The van der Waals surface area contributed by atoms with Gasteiger partial charge in [-0.2, -0.15) is 0 Å². The van der Waals surface area contributed by atoms with E-state index in [1.807, 2.05) is 20.8 Å². The largest absolute Gasteiger partial charge is 0.486 e. The molecule has 1 fully saturated rings. The molecule has 1 saturated carbocycles. The number of rotatable bonds is 2. The number of ketones is 3. The van der Waals surface area contributed by atoms with Crippen LogP contribution in [0.1, 0.15) is 53.9 Å². The van der Waals surface area contributed by atoms with Gasteiger partial charge in [-0.1, -0.05) is 20.8 Å². The Balaban J connectivity index is 0. The fourth-order valence-electron chi connectivity index (χ4n) is 1.47. The summed E-state index contributed by atoms with van der Waals surface area (Å²) in [5, 5.41) is 0. The van der Waals surface area contributed by atoms with Gasteiger partial charge in [0.25, 0.3) is 0 Å². The Labute approximate surface area is 133 Å². The number of Topliss-reactive ketones (excluding diaryl/α,β-unsaturated/α-hetero) is 3. The Morgan fingerprint density at radius 1 is 1.14 bits per heavy atom. The van der Waals surface area contributed by atoms with Gasteiger partial charge in [0, 0.05) is 25.2 Å². The zero-order chi connectivity index (χ0) is 17.9. The van der Waals surface area contributed by atoms with Crippen molar-refractivity contribution in [2.45, 2.75) is 53.9 Å². The number of carbonyl (C=O) groups excluding carboxylic acids is 4. The van der Waals surface area contributed by atoms with Gasteiger partial charge in [0.1, 0.15) is 24.5 Å². The number of ether oxygens (including phenoxy) is 1. The van der Waals surface area contributed by atoms with E-state index in [0.29, 0.717) is 6.42 Å². The summed E-state index contributed by atoms with van der Waals surface area (Å²) in [6.45, 7) is 13.7. The van der Waals surface area contributed by atoms with Crippen molar-refractivity contribution in [3.05, 3.63) is 12.2 Å².